The number of nitrogens with zero attached hydrogens (tertiary/aromatic N) is 2. The molecular weight excluding hydrogens is 356 g/mol. The van der Waals surface area contributed by atoms with Crippen LogP contribution in [0, 0.1) is 0 Å². The maximum Gasteiger partial charge on any atom is 0.243 e. The second kappa shape index (κ2) is 7.58. The maximum atomic E-state index is 12.8. The van der Waals surface area contributed by atoms with Gasteiger partial charge in [-0.3, -0.25) is 0 Å². The number of halogens is 1. The summed E-state index contributed by atoms with van der Waals surface area (Å²) in [5, 5.41) is 0. The number of ether oxygens (including phenoxy) is 1. The first kappa shape index (κ1) is 18.4. The summed E-state index contributed by atoms with van der Waals surface area (Å²) < 4.78 is 32.8. The summed E-state index contributed by atoms with van der Waals surface area (Å²) in [5.41, 5.74) is 0. The van der Waals surface area contributed by atoms with Gasteiger partial charge >= 0.3 is 0 Å². The molecule has 0 radical (unpaired) electrons. The topological polar surface area (TPSA) is 49.9 Å². The lowest BCUT2D eigenvalue weighted by Crippen LogP contribution is -2.43. The molecule has 0 aliphatic rings. The highest BCUT2D eigenvalue weighted by Crippen LogP contribution is 2.29. The Morgan fingerprint density at radius 3 is 2.38 bits per heavy atom. The Morgan fingerprint density at radius 2 is 1.95 bits per heavy atom. The Kier molecular flexibility index (Phi) is 6.65. The quantitative estimate of drug-likeness (QED) is 0.730. The van der Waals surface area contributed by atoms with Crippen molar-refractivity contribution in [3.8, 4) is 5.75 Å². The van der Waals surface area contributed by atoms with Crippen LogP contribution in [0.3, 0.4) is 0 Å². The van der Waals surface area contributed by atoms with E-state index in [2.05, 4.69) is 15.9 Å². The van der Waals surface area contributed by atoms with E-state index < -0.39 is 10.0 Å². The van der Waals surface area contributed by atoms with E-state index in [9.17, 15) is 8.42 Å². The van der Waals surface area contributed by atoms with Gasteiger partial charge in [-0.05, 0) is 55.1 Å². The number of rotatable bonds is 7. The summed E-state index contributed by atoms with van der Waals surface area (Å²) in [6.07, 6.45) is 0. The first-order valence-electron chi connectivity index (χ1n) is 6.74. The van der Waals surface area contributed by atoms with Crippen molar-refractivity contribution in [1.82, 2.24) is 9.21 Å². The lowest BCUT2D eigenvalue weighted by atomic mass is 10.3. The van der Waals surface area contributed by atoms with Crippen LogP contribution in [0.25, 0.3) is 0 Å². The molecule has 1 rings (SSSR count). The Labute approximate surface area is 136 Å². The van der Waals surface area contributed by atoms with Gasteiger partial charge < -0.3 is 9.64 Å². The number of hydrogen-bond donors (Lipinski definition) is 0. The van der Waals surface area contributed by atoms with E-state index in [-0.39, 0.29) is 10.9 Å². The zero-order chi connectivity index (χ0) is 16.2. The zero-order valence-electron chi connectivity index (χ0n) is 13.1. The minimum Gasteiger partial charge on any atom is -0.496 e. The predicted octanol–water partition coefficient (Wildman–Crippen LogP) is 2.42. The highest BCUT2D eigenvalue weighted by Gasteiger charge is 2.28. The Balaban J connectivity index is 3.15. The molecule has 5 nitrogen and oxygen atoms in total. The van der Waals surface area contributed by atoms with Gasteiger partial charge in [0.2, 0.25) is 10.0 Å². The number of sulfonamides is 1. The van der Waals surface area contributed by atoms with Crippen LogP contribution < -0.4 is 4.74 Å². The standard InChI is InChI=1S/C14H23BrN2O3S/c1-6-17(11(2)10-16(3)4)21(18,19)12-7-8-14(20-5)13(15)9-12/h7-9,11H,6,10H2,1-5H3. The minimum absolute atomic E-state index is 0.101. The summed E-state index contributed by atoms with van der Waals surface area (Å²) in [6, 6.07) is 4.71. The maximum absolute atomic E-state index is 12.8. The smallest absolute Gasteiger partial charge is 0.243 e. The molecule has 1 unspecified atom stereocenters. The van der Waals surface area contributed by atoms with Crippen molar-refractivity contribution < 1.29 is 13.2 Å². The second-order valence-corrected chi connectivity index (χ2v) is 7.86. The minimum atomic E-state index is -3.52. The van der Waals surface area contributed by atoms with Crippen molar-refractivity contribution in [2.75, 3.05) is 34.3 Å². The number of hydrogen-bond acceptors (Lipinski definition) is 4. The number of likely N-dealkylation sites (N-methyl/N-ethyl adjacent to an activating group) is 2. The second-order valence-electron chi connectivity index (χ2n) is 5.12. The fourth-order valence-electron chi connectivity index (χ4n) is 2.28. The third-order valence-corrected chi connectivity index (χ3v) is 5.87. The van der Waals surface area contributed by atoms with Gasteiger partial charge in [0, 0.05) is 19.1 Å². The molecule has 0 fully saturated rings. The van der Waals surface area contributed by atoms with Crippen LogP contribution in [0.1, 0.15) is 13.8 Å². The van der Waals surface area contributed by atoms with Crippen molar-refractivity contribution in [3.63, 3.8) is 0 Å². The third-order valence-electron chi connectivity index (χ3n) is 3.16. The molecule has 1 aromatic rings. The van der Waals surface area contributed by atoms with E-state index in [1.807, 2.05) is 32.8 Å². The van der Waals surface area contributed by atoms with Crippen LogP contribution in [0.15, 0.2) is 27.6 Å². The molecule has 1 atom stereocenters. The van der Waals surface area contributed by atoms with Crippen LogP contribution in [0.2, 0.25) is 0 Å². The average molecular weight is 379 g/mol. The van der Waals surface area contributed by atoms with Gasteiger partial charge in [0.25, 0.3) is 0 Å². The average Bonchev–Trinajstić information content (AvgIpc) is 2.38. The molecule has 0 amide bonds. The van der Waals surface area contributed by atoms with E-state index in [1.54, 1.807) is 25.3 Å². The Hall–Kier alpha value is -0.630. The normalized spacial score (nSPS) is 13.7. The Morgan fingerprint density at radius 1 is 1.33 bits per heavy atom. The number of benzene rings is 1. The van der Waals surface area contributed by atoms with Crippen LogP contribution in [0.4, 0.5) is 0 Å². The molecule has 0 saturated carbocycles. The first-order valence-corrected chi connectivity index (χ1v) is 8.97. The summed E-state index contributed by atoms with van der Waals surface area (Å²) in [4.78, 5) is 2.25. The predicted molar refractivity (Wildman–Crippen MR) is 88.3 cm³/mol. The Bertz CT molecular complexity index is 576. The SMILES string of the molecule is CCN(C(C)CN(C)C)S(=O)(=O)c1ccc(OC)c(Br)c1. The molecule has 0 heterocycles. The molecule has 0 N–H and O–H groups in total. The molecule has 0 saturated heterocycles. The first-order chi connectivity index (χ1) is 9.73. The van der Waals surface area contributed by atoms with Gasteiger partial charge in [-0.1, -0.05) is 6.92 Å². The van der Waals surface area contributed by atoms with Crippen LogP contribution >= 0.6 is 15.9 Å². The molecule has 0 aliphatic heterocycles. The van der Waals surface area contributed by atoms with Crippen LogP contribution in [-0.2, 0) is 10.0 Å². The lowest BCUT2D eigenvalue weighted by Gasteiger charge is -2.29. The van der Waals surface area contributed by atoms with E-state index in [4.69, 9.17) is 4.74 Å². The summed E-state index contributed by atoms with van der Waals surface area (Å²) in [5.74, 6) is 0.610. The van der Waals surface area contributed by atoms with Gasteiger partial charge in [0.1, 0.15) is 5.75 Å². The van der Waals surface area contributed by atoms with E-state index in [0.29, 0.717) is 23.3 Å². The van der Waals surface area contributed by atoms with E-state index in [1.165, 1.54) is 4.31 Å². The highest BCUT2D eigenvalue weighted by atomic mass is 79.9. The zero-order valence-corrected chi connectivity index (χ0v) is 15.5. The monoisotopic (exact) mass is 378 g/mol. The van der Waals surface area contributed by atoms with Gasteiger partial charge in [-0.2, -0.15) is 4.31 Å². The largest absolute Gasteiger partial charge is 0.496 e. The van der Waals surface area contributed by atoms with Crippen molar-refractivity contribution in [2.24, 2.45) is 0 Å². The van der Waals surface area contributed by atoms with E-state index >= 15 is 0 Å². The van der Waals surface area contributed by atoms with Crippen molar-refractivity contribution >= 4 is 26.0 Å². The van der Waals surface area contributed by atoms with Gasteiger partial charge in [-0.15, -0.1) is 0 Å². The molecule has 21 heavy (non-hydrogen) atoms. The molecule has 0 aliphatic carbocycles. The molecule has 120 valence electrons. The van der Waals surface area contributed by atoms with Gasteiger partial charge in [0.05, 0.1) is 16.5 Å². The molecule has 7 heteroatoms. The summed E-state index contributed by atoms with van der Waals surface area (Å²) >= 11 is 3.33. The lowest BCUT2D eigenvalue weighted by molar-refractivity contribution is 0.271. The highest BCUT2D eigenvalue weighted by molar-refractivity contribution is 9.10. The van der Waals surface area contributed by atoms with Crippen LogP contribution in [0.5, 0.6) is 5.75 Å². The van der Waals surface area contributed by atoms with Crippen molar-refractivity contribution in [3.05, 3.63) is 22.7 Å². The van der Waals surface area contributed by atoms with Crippen molar-refractivity contribution in [1.29, 1.82) is 0 Å². The molecule has 1 aromatic carbocycles. The van der Waals surface area contributed by atoms with E-state index in [0.717, 1.165) is 0 Å². The molecule has 0 bridgehead atoms. The van der Waals surface area contributed by atoms with Gasteiger partial charge in [0.15, 0.2) is 0 Å². The fraction of sp³-hybridized carbons (Fsp3) is 0.571. The van der Waals surface area contributed by atoms with Crippen LogP contribution in [-0.4, -0.2) is 58.0 Å². The van der Waals surface area contributed by atoms with Crippen molar-refractivity contribution in [2.45, 2.75) is 24.8 Å². The van der Waals surface area contributed by atoms with Gasteiger partial charge in [-0.25, -0.2) is 8.42 Å². The molecule has 0 spiro atoms. The summed E-state index contributed by atoms with van der Waals surface area (Å²) in [7, 11) is 1.89. The fourth-order valence-corrected chi connectivity index (χ4v) is 4.63. The number of methoxy groups -OCH3 is 1. The molecule has 0 aromatic heterocycles. The molecular formula is C14H23BrN2O3S. The summed E-state index contributed by atoms with van der Waals surface area (Å²) in [6.45, 7) is 4.87. The third kappa shape index (κ3) is 4.42.